The SMILES string of the molecule is CC(C)N(CCC(N)c1ccccc1Br)CC(F)(F)F. The normalized spacial score (nSPS) is 14.1. The molecule has 1 aromatic carbocycles. The molecule has 1 aromatic rings. The summed E-state index contributed by atoms with van der Waals surface area (Å²) in [6.45, 7) is 2.94. The second-order valence-corrected chi connectivity index (χ2v) is 5.95. The monoisotopic (exact) mass is 352 g/mol. The molecule has 0 radical (unpaired) electrons. The Labute approximate surface area is 126 Å². The van der Waals surface area contributed by atoms with Crippen LogP contribution in [0.4, 0.5) is 13.2 Å². The van der Waals surface area contributed by atoms with Crippen molar-refractivity contribution in [3.63, 3.8) is 0 Å². The van der Waals surface area contributed by atoms with Crippen LogP contribution in [0.15, 0.2) is 28.7 Å². The number of hydrogen-bond donors (Lipinski definition) is 1. The first-order valence-electron chi connectivity index (χ1n) is 6.51. The largest absolute Gasteiger partial charge is 0.401 e. The van der Waals surface area contributed by atoms with Crippen molar-refractivity contribution in [1.29, 1.82) is 0 Å². The number of nitrogens with zero attached hydrogens (tertiary/aromatic N) is 1. The smallest absolute Gasteiger partial charge is 0.324 e. The zero-order valence-corrected chi connectivity index (χ0v) is 13.2. The molecule has 0 amide bonds. The molecule has 0 saturated carbocycles. The lowest BCUT2D eigenvalue weighted by molar-refractivity contribution is -0.149. The van der Waals surface area contributed by atoms with E-state index in [0.717, 1.165) is 10.0 Å². The number of benzene rings is 1. The van der Waals surface area contributed by atoms with Crippen LogP contribution in [0, 0.1) is 0 Å². The number of halogens is 4. The van der Waals surface area contributed by atoms with Gasteiger partial charge in [0.05, 0.1) is 6.54 Å². The summed E-state index contributed by atoms with van der Waals surface area (Å²) in [6.07, 6.45) is -3.70. The van der Waals surface area contributed by atoms with E-state index >= 15 is 0 Å². The van der Waals surface area contributed by atoms with Gasteiger partial charge in [-0.2, -0.15) is 13.2 Å². The van der Waals surface area contributed by atoms with E-state index in [2.05, 4.69) is 15.9 Å². The van der Waals surface area contributed by atoms with Crippen molar-refractivity contribution >= 4 is 15.9 Å². The van der Waals surface area contributed by atoms with Crippen LogP contribution in [0.3, 0.4) is 0 Å². The van der Waals surface area contributed by atoms with E-state index in [1.165, 1.54) is 4.90 Å². The highest BCUT2D eigenvalue weighted by molar-refractivity contribution is 9.10. The molecule has 0 bridgehead atoms. The van der Waals surface area contributed by atoms with E-state index in [-0.39, 0.29) is 12.1 Å². The van der Waals surface area contributed by atoms with Gasteiger partial charge >= 0.3 is 6.18 Å². The third kappa shape index (κ3) is 5.81. The first-order chi connectivity index (χ1) is 9.20. The molecule has 2 N–H and O–H groups in total. The standard InChI is InChI=1S/C14H20BrF3N2/c1-10(2)20(9-14(16,17)18)8-7-13(19)11-5-3-4-6-12(11)15/h3-6,10,13H,7-9,19H2,1-2H3. The van der Waals surface area contributed by atoms with Gasteiger partial charge in [0, 0.05) is 23.1 Å². The Bertz CT molecular complexity index is 421. The van der Waals surface area contributed by atoms with Gasteiger partial charge in [0.25, 0.3) is 0 Å². The van der Waals surface area contributed by atoms with E-state index in [4.69, 9.17) is 5.73 Å². The zero-order chi connectivity index (χ0) is 15.3. The Hall–Kier alpha value is -0.590. The maximum Gasteiger partial charge on any atom is 0.401 e. The molecule has 0 saturated heterocycles. The summed E-state index contributed by atoms with van der Waals surface area (Å²) < 4.78 is 38.4. The van der Waals surface area contributed by atoms with Crippen molar-refractivity contribution in [3.8, 4) is 0 Å². The van der Waals surface area contributed by atoms with E-state index in [9.17, 15) is 13.2 Å². The van der Waals surface area contributed by atoms with E-state index in [1.54, 1.807) is 13.8 Å². The van der Waals surface area contributed by atoms with Gasteiger partial charge in [0.1, 0.15) is 0 Å². The summed E-state index contributed by atoms with van der Waals surface area (Å²) in [5, 5.41) is 0. The zero-order valence-electron chi connectivity index (χ0n) is 11.6. The van der Waals surface area contributed by atoms with Gasteiger partial charge in [-0.1, -0.05) is 34.1 Å². The Morgan fingerprint density at radius 3 is 2.35 bits per heavy atom. The van der Waals surface area contributed by atoms with Crippen LogP contribution in [-0.4, -0.2) is 30.2 Å². The number of nitrogens with two attached hydrogens (primary N) is 1. The third-order valence-electron chi connectivity index (χ3n) is 3.14. The van der Waals surface area contributed by atoms with Gasteiger partial charge in [-0.05, 0) is 31.9 Å². The second kappa shape index (κ2) is 7.43. The maximum absolute atomic E-state index is 12.5. The molecule has 2 nitrogen and oxygen atoms in total. The molecule has 0 spiro atoms. The fraction of sp³-hybridized carbons (Fsp3) is 0.571. The van der Waals surface area contributed by atoms with Crippen LogP contribution >= 0.6 is 15.9 Å². The maximum atomic E-state index is 12.5. The lowest BCUT2D eigenvalue weighted by Gasteiger charge is -2.28. The Morgan fingerprint density at radius 1 is 1.25 bits per heavy atom. The molecule has 20 heavy (non-hydrogen) atoms. The van der Waals surface area contributed by atoms with Crippen LogP contribution in [-0.2, 0) is 0 Å². The quantitative estimate of drug-likeness (QED) is 0.834. The molecule has 0 heterocycles. The van der Waals surface area contributed by atoms with Crippen molar-refractivity contribution in [3.05, 3.63) is 34.3 Å². The van der Waals surface area contributed by atoms with Crippen LogP contribution in [0.25, 0.3) is 0 Å². The van der Waals surface area contributed by atoms with E-state index < -0.39 is 12.7 Å². The fourth-order valence-corrected chi connectivity index (χ4v) is 2.57. The summed E-state index contributed by atoms with van der Waals surface area (Å²) in [5.74, 6) is 0. The number of alkyl halides is 3. The van der Waals surface area contributed by atoms with Gasteiger partial charge in [-0.15, -0.1) is 0 Å². The molecule has 0 aliphatic carbocycles. The Balaban J connectivity index is 2.61. The minimum atomic E-state index is -4.18. The molecule has 0 aliphatic heterocycles. The number of hydrogen-bond acceptors (Lipinski definition) is 2. The average Bonchev–Trinajstić information content (AvgIpc) is 2.33. The van der Waals surface area contributed by atoms with Crippen LogP contribution < -0.4 is 5.73 Å². The van der Waals surface area contributed by atoms with Crippen molar-refractivity contribution in [2.24, 2.45) is 5.73 Å². The highest BCUT2D eigenvalue weighted by Gasteiger charge is 2.31. The van der Waals surface area contributed by atoms with Gasteiger partial charge in [0.15, 0.2) is 0 Å². The molecular formula is C14H20BrF3N2. The first-order valence-corrected chi connectivity index (χ1v) is 7.31. The molecule has 6 heteroatoms. The van der Waals surface area contributed by atoms with Gasteiger partial charge in [0.2, 0.25) is 0 Å². The van der Waals surface area contributed by atoms with E-state index in [0.29, 0.717) is 13.0 Å². The highest BCUT2D eigenvalue weighted by Crippen LogP contribution is 2.25. The van der Waals surface area contributed by atoms with Gasteiger partial charge in [-0.3, -0.25) is 4.90 Å². The predicted octanol–water partition coefficient (Wildman–Crippen LogP) is 4.11. The summed E-state index contributed by atoms with van der Waals surface area (Å²) in [4.78, 5) is 1.40. The molecule has 114 valence electrons. The average molecular weight is 353 g/mol. The van der Waals surface area contributed by atoms with Crippen molar-refractivity contribution < 1.29 is 13.2 Å². The summed E-state index contributed by atoms with van der Waals surface area (Å²) >= 11 is 3.41. The fourth-order valence-electron chi connectivity index (χ4n) is 1.99. The third-order valence-corrected chi connectivity index (χ3v) is 3.87. The molecule has 0 aromatic heterocycles. The lowest BCUT2D eigenvalue weighted by Crippen LogP contribution is -2.40. The van der Waals surface area contributed by atoms with Crippen molar-refractivity contribution in [2.75, 3.05) is 13.1 Å². The van der Waals surface area contributed by atoms with Crippen LogP contribution in [0.2, 0.25) is 0 Å². The van der Waals surface area contributed by atoms with Crippen LogP contribution in [0.5, 0.6) is 0 Å². The van der Waals surface area contributed by atoms with Crippen molar-refractivity contribution in [1.82, 2.24) is 4.90 Å². The molecule has 0 fully saturated rings. The Morgan fingerprint density at radius 2 is 1.85 bits per heavy atom. The summed E-state index contributed by atoms with van der Waals surface area (Å²) in [7, 11) is 0. The van der Waals surface area contributed by atoms with Crippen LogP contribution in [0.1, 0.15) is 31.9 Å². The molecular weight excluding hydrogens is 333 g/mol. The van der Waals surface area contributed by atoms with E-state index in [1.807, 2.05) is 24.3 Å². The predicted molar refractivity (Wildman–Crippen MR) is 78.5 cm³/mol. The lowest BCUT2D eigenvalue weighted by atomic mass is 10.0. The molecule has 0 aliphatic rings. The van der Waals surface area contributed by atoms with Crippen molar-refractivity contribution in [2.45, 2.75) is 38.5 Å². The van der Waals surface area contributed by atoms with Gasteiger partial charge < -0.3 is 5.73 Å². The Kier molecular flexibility index (Phi) is 6.48. The second-order valence-electron chi connectivity index (χ2n) is 5.10. The van der Waals surface area contributed by atoms with Gasteiger partial charge in [-0.25, -0.2) is 0 Å². The summed E-state index contributed by atoms with van der Waals surface area (Å²) in [5.41, 5.74) is 6.99. The first kappa shape index (κ1) is 17.5. The minimum absolute atomic E-state index is 0.164. The number of rotatable bonds is 6. The highest BCUT2D eigenvalue weighted by atomic mass is 79.9. The topological polar surface area (TPSA) is 29.3 Å². The molecule has 1 rings (SSSR count). The minimum Gasteiger partial charge on any atom is -0.324 e. The summed E-state index contributed by atoms with van der Waals surface area (Å²) in [6, 6.07) is 7.08. The molecule has 1 unspecified atom stereocenters. The molecule has 1 atom stereocenters.